The predicted molar refractivity (Wildman–Crippen MR) is 114 cm³/mol. The molecule has 0 bridgehead atoms. The van der Waals surface area contributed by atoms with Gasteiger partial charge in [-0.05, 0) is 54.9 Å². The van der Waals surface area contributed by atoms with E-state index in [1.54, 1.807) is 6.08 Å². The molecule has 0 amide bonds. The summed E-state index contributed by atoms with van der Waals surface area (Å²) >= 11 is 0.997. The zero-order valence-electron chi connectivity index (χ0n) is 16.3. The van der Waals surface area contributed by atoms with Gasteiger partial charge in [-0.15, -0.1) is 5.10 Å². The van der Waals surface area contributed by atoms with Gasteiger partial charge in [0.05, 0.1) is 5.97 Å². The molecular weight excluding hydrogens is 384 g/mol. The number of hydrogen-bond acceptors (Lipinski definition) is 5. The van der Waals surface area contributed by atoms with Crippen molar-refractivity contribution in [3.63, 3.8) is 0 Å². The minimum atomic E-state index is -1.24. The molecule has 0 radical (unpaired) electrons. The molecule has 2 heterocycles. The minimum absolute atomic E-state index is 0.0747. The van der Waals surface area contributed by atoms with Gasteiger partial charge in [-0.3, -0.25) is 5.10 Å². The lowest BCUT2D eigenvalue weighted by Gasteiger charge is -2.06. The molecule has 0 spiro atoms. The first-order valence-corrected chi connectivity index (χ1v) is 10.5. The number of para-hydroxylation sites is 1. The average molecular weight is 406 g/mol. The molecule has 0 fully saturated rings. The van der Waals surface area contributed by atoms with Crippen molar-refractivity contribution >= 4 is 45.6 Å². The van der Waals surface area contributed by atoms with Crippen LogP contribution in [-0.4, -0.2) is 25.7 Å². The van der Waals surface area contributed by atoms with E-state index in [9.17, 15) is 9.90 Å². The molecule has 0 aliphatic heterocycles. The SMILES string of the molecule is CCCc1nc(S/C(=C\c2ccc3c(c2)c2ccccc2n3CC)C(=O)[O-])n[nH]1. The molecule has 29 heavy (non-hydrogen) atoms. The number of aromatic amines is 1. The Labute approximate surface area is 172 Å². The number of hydrogen-bond donors (Lipinski definition) is 1. The van der Waals surface area contributed by atoms with E-state index in [0.717, 1.165) is 58.8 Å². The number of nitrogens with one attached hydrogen (secondary N) is 1. The molecule has 148 valence electrons. The number of nitrogens with zero attached hydrogens (tertiary/aromatic N) is 3. The second-order valence-corrected chi connectivity index (χ2v) is 7.76. The molecule has 0 saturated heterocycles. The van der Waals surface area contributed by atoms with E-state index in [4.69, 9.17) is 0 Å². The number of benzene rings is 2. The third-order valence-corrected chi connectivity index (χ3v) is 5.68. The first-order valence-electron chi connectivity index (χ1n) is 9.63. The number of thioether (sulfide) groups is 1. The van der Waals surface area contributed by atoms with E-state index in [1.165, 1.54) is 5.52 Å². The first-order chi connectivity index (χ1) is 14.1. The number of carbonyl (C=O) groups excluding carboxylic acids is 1. The molecule has 2 aromatic carbocycles. The summed E-state index contributed by atoms with van der Waals surface area (Å²) < 4.78 is 2.26. The van der Waals surface area contributed by atoms with Crippen LogP contribution < -0.4 is 5.11 Å². The maximum atomic E-state index is 11.7. The minimum Gasteiger partial charge on any atom is -0.544 e. The molecule has 6 nitrogen and oxygen atoms in total. The van der Waals surface area contributed by atoms with Crippen LogP contribution in [0.2, 0.25) is 0 Å². The van der Waals surface area contributed by atoms with Crippen LogP contribution in [0.3, 0.4) is 0 Å². The number of rotatable bonds is 7. The van der Waals surface area contributed by atoms with E-state index in [1.807, 2.05) is 37.3 Å². The lowest BCUT2D eigenvalue weighted by molar-refractivity contribution is -0.297. The Hall–Kier alpha value is -3.06. The number of carboxylic acid groups (broad SMARTS) is 1. The van der Waals surface area contributed by atoms with Crippen LogP contribution in [0.25, 0.3) is 27.9 Å². The smallest absolute Gasteiger partial charge is 0.213 e. The molecule has 1 N–H and O–H groups in total. The molecule has 4 rings (SSSR count). The Morgan fingerprint density at radius 3 is 2.72 bits per heavy atom. The van der Waals surface area contributed by atoms with Crippen molar-refractivity contribution in [2.24, 2.45) is 0 Å². The van der Waals surface area contributed by atoms with Crippen LogP contribution in [-0.2, 0) is 17.8 Å². The van der Waals surface area contributed by atoms with Crippen LogP contribution >= 0.6 is 11.8 Å². The van der Waals surface area contributed by atoms with E-state index in [2.05, 4.69) is 38.8 Å². The summed E-state index contributed by atoms with van der Waals surface area (Å²) in [7, 11) is 0. The predicted octanol–water partition coefficient (Wildman–Crippen LogP) is 3.77. The quantitative estimate of drug-likeness (QED) is 0.374. The van der Waals surface area contributed by atoms with Gasteiger partial charge in [0.2, 0.25) is 5.16 Å². The third-order valence-electron chi connectivity index (χ3n) is 4.81. The zero-order valence-corrected chi connectivity index (χ0v) is 17.1. The number of aromatic nitrogens is 4. The van der Waals surface area contributed by atoms with Crippen molar-refractivity contribution in [2.75, 3.05) is 0 Å². The van der Waals surface area contributed by atoms with Gasteiger partial charge in [-0.25, -0.2) is 4.98 Å². The summed E-state index contributed by atoms with van der Waals surface area (Å²) in [5, 5.41) is 21.3. The van der Waals surface area contributed by atoms with Crippen LogP contribution in [0.15, 0.2) is 52.5 Å². The molecule has 0 aliphatic carbocycles. The maximum absolute atomic E-state index is 11.7. The molecule has 0 saturated carbocycles. The largest absolute Gasteiger partial charge is 0.544 e. The number of aryl methyl sites for hydroxylation is 2. The van der Waals surface area contributed by atoms with Crippen LogP contribution in [0, 0.1) is 0 Å². The zero-order chi connectivity index (χ0) is 20.4. The van der Waals surface area contributed by atoms with Crippen molar-refractivity contribution < 1.29 is 9.90 Å². The van der Waals surface area contributed by atoms with Crippen molar-refractivity contribution in [1.29, 1.82) is 0 Å². The lowest BCUT2D eigenvalue weighted by atomic mass is 10.1. The van der Waals surface area contributed by atoms with Gasteiger partial charge in [0, 0.05) is 39.7 Å². The highest BCUT2D eigenvalue weighted by molar-refractivity contribution is 8.04. The summed E-state index contributed by atoms with van der Waals surface area (Å²) in [6, 6.07) is 14.2. The normalized spacial score (nSPS) is 12.1. The van der Waals surface area contributed by atoms with Crippen LogP contribution in [0.5, 0.6) is 0 Å². The third kappa shape index (κ3) is 3.78. The van der Waals surface area contributed by atoms with E-state index in [0.29, 0.717) is 5.16 Å². The van der Waals surface area contributed by atoms with Crippen molar-refractivity contribution in [1.82, 2.24) is 19.7 Å². The second-order valence-electron chi connectivity index (χ2n) is 6.75. The first kappa shape index (κ1) is 19.3. The van der Waals surface area contributed by atoms with Gasteiger partial charge in [0.25, 0.3) is 0 Å². The van der Waals surface area contributed by atoms with Gasteiger partial charge < -0.3 is 14.5 Å². The molecule has 4 aromatic rings. The van der Waals surface area contributed by atoms with Gasteiger partial charge in [0.15, 0.2) is 0 Å². The topological polar surface area (TPSA) is 86.6 Å². The number of aliphatic carboxylic acids is 1. The van der Waals surface area contributed by atoms with Gasteiger partial charge in [-0.2, -0.15) is 0 Å². The summed E-state index contributed by atoms with van der Waals surface area (Å²) in [5.74, 6) is -0.491. The Kier molecular flexibility index (Phi) is 5.40. The highest BCUT2D eigenvalue weighted by Gasteiger charge is 2.11. The number of carbonyl (C=O) groups is 1. The highest BCUT2D eigenvalue weighted by atomic mass is 32.2. The van der Waals surface area contributed by atoms with E-state index >= 15 is 0 Å². The summed E-state index contributed by atoms with van der Waals surface area (Å²) in [6.07, 6.45) is 3.33. The second kappa shape index (κ2) is 8.13. The van der Waals surface area contributed by atoms with Gasteiger partial charge in [-0.1, -0.05) is 31.2 Å². The number of carboxylic acids is 1. The Bertz CT molecular complexity index is 1220. The van der Waals surface area contributed by atoms with E-state index in [-0.39, 0.29) is 4.91 Å². The highest BCUT2D eigenvalue weighted by Crippen LogP contribution is 2.31. The molecule has 0 atom stereocenters. The van der Waals surface area contributed by atoms with E-state index < -0.39 is 5.97 Å². The molecule has 0 aliphatic rings. The Morgan fingerprint density at radius 2 is 1.97 bits per heavy atom. The fourth-order valence-corrected chi connectivity index (χ4v) is 4.28. The number of H-pyrrole nitrogens is 1. The molecule has 0 unspecified atom stereocenters. The lowest BCUT2D eigenvalue weighted by Crippen LogP contribution is -2.23. The average Bonchev–Trinajstić information content (AvgIpc) is 3.29. The van der Waals surface area contributed by atoms with Gasteiger partial charge >= 0.3 is 0 Å². The number of fused-ring (bicyclic) bond motifs is 3. The summed E-state index contributed by atoms with van der Waals surface area (Å²) in [5.41, 5.74) is 3.10. The van der Waals surface area contributed by atoms with Gasteiger partial charge in [0.1, 0.15) is 5.82 Å². The monoisotopic (exact) mass is 405 g/mol. The molecular formula is C22H21N4O2S-. The Morgan fingerprint density at radius 1 is 1.17 bits per heavy atom. The Balaban J connectivity index is 1.74. The summed E-state index contributed by atoms with van der Waals surface area (Å²) in [4.78, 5) is 16.1. The van der Waals surface area contributed by atoms with Crippen LogP contribution in [0.1, 0.15) is 31.7 Å². The summed E-state index contributed by atoms with van der Waals surface area (Å²) in [6.45, 7) is 5.03. The fourth-order valence-electron chi connectivity index (χ4n) is 3.55. The van der Waals surface area contributed by atoms with Crippen molar-refractivity contribution in [3.8, 4) is 0 Å². The molecule has 7 heteroatoms. The molecule has 2 aromatic heterocycles. The maximum Gasteiger partial charge on any atom is 0.213 e. The van der Waals surface area contributed by atoms with Crippen molar-refractivity contribution in [2.45, 2.75) is 38.4 Å². The van der Waals surface area contributed by atoms with Crippen molar-refractivity contribution in [3.05, 3.63) is 58.8 Å². The van der Waals surface area contributed by atoms with Crippen LogP contribution in [0.4, 0.5) is 0 Å². The fraction of sp³-hybridized carbons (Fsp3) is 0.227. The standard InChI is InChI=1S/C22H22N4O2S/c1-3-7-20-23-22(25-24-20)29-19(21(27)28)13-14-10-11-18-16(12-14)15-8-5-6-9-17(15)26(18)4-2/h5-6,8-13H,3-4,7H2,1-2H3,(H,27,28)(H,23,24,25)/p-1/b19-13-.